The molecule has 0 N–H and O–H groups in total. The summed E-state index contributed by atoms with van der Waals surface area (Å²) in [6.07, 6.45) is 0.743. The van der Waals surface area contributed by atoms with Crippen LogP contribution in [0.1, 0.15) is 17.3 Å². The first-order valence-corrected chi connectivity index (χ1v) is 4.33. The van der Waals surface area contributed by atoms with Crippen LogP contribution in [0.5, 0.6) is 5.75 Å². The van der Waals surface area contributed by atoms with E-state index >= 15 is 0 Å². The smallest absolute Gasteiger partial charge is 0.188 e. The van der Waals surface area contributed by atoms with Crippen molar-refractivity contribution in [1.29, 1.82) is 0 Å². The van der Waals surface area contributed by atoms with Gasteiger partial charge < -0.3 is 9.47 Å². The summed E-state index contributed by atoms with van der Waals surface area (Å²) in [6.45, 7) is 2.59. The lowest BCUT2D eigenvalue weighted by atomic mass is 9.94. The standard InChI is InChI=1S/C10H11BO3/c1-2-13-7-14-10-5-8(6-12)3-4-9(10)11/h3-6H,2,7H2,1H3. The lowest BCUT2D eigenvalue weighted by molar-refractivity contribution is 0.0230. The van der Waals surface area contributed by atoms with E-state index in [2.05, 4.69) is 0 Å². The lowest BCUT2D eigenvalue weighted by Crippen LogP contribution is -2.12. The maximum atomic E-state index is 10.5. The molecule has 0 heterocycles. The molecule has 3 nitrogen and oxygen atoms in total. The topological polar surface area (TPSA) is 35.5 Å². The van der Waals surface area contributed by atoms with Gasteiger partial charge in [-0.3, -0.25) is 4.79 Å². The number of benzene rings is 1. The van der Waals surface area contributed by atoms with Gasteiger partial charge in [-0.05, 0) is 13.0 Å². The summed E-state index contributed by atoms with van der Waals surface area (Å²) in [5.41, 5.74) is 1.03. The van der Waals surface area contributed by atoms with Gasteiger partial charge >= 0.3 is 0 Å². The molecule has 2 radical (unpaired) electrons. The van der Waals surface area contributed by atoms with Crippen LogP contribution in [0.25, 0.3) is 0 Å². The molecule has 1 aromatic carbocycles. The van der Waals surface area contributed by atoms with Gasteiger partial charge in [0.05, 0.1) is 0 Å². The Labute approximate surface area is 84.4 Å². The van der Waals surface area contributed by atoms with Crippen molar-refractivity contribution in [3.8, 4) is 5.75 Å². The van der Waals surface area contributed by atoms with E-state index in [4.69, 9.17) is 17.3 Å². The van der Waals surface area contributed by atoms with Crippen LogP contribution < -0.4 is 10.2 Å². The number of carbonyl (C=O) groups excluding carboxylic acids is 1. The van der Waals surface area contributed by atoms with Crippen molar-refractivity contribution in [3.05, 3.63) is 23.8 Å². The minimum absolute atomic E-state index is 0.142. The highest BCUT2D eigenvalue weighted by Crippen LogP contribution is 2.08. The van der Waals surface area contributed by atoms with Gasteiger partial charge in [0.15, 0.2) is 6.79 Å². The van der Waals surface area contributed by atoms with Gasteiger partial charge in [0, 0.05) is 12.2 Å². The average Bonchev–Trinajstić information content (AvgIpc) is 2.21. The third-order valence-corrected chi connectivity index (χ3v) is 1.68. The molecule has 0 aromatic heterocycles. The zero-order chi connectivity index (χ0) is 10.4. The van der Waals surface area contributed by atoms with Crippen LogP contribution in [0.4, 0.5) is 0 Å². The molecule has 72 valence electrons. The number of rotatable bonds is 5. The van der Waals surface area contributed by atoms with Gasteiger partial charge in [-0.15, -0.1) is 0 Å². The molecule has 0 bridgehead atoms. The van der Waals surface area contributed by atoms with Crippen LogP contribution in [-0.4, -0.2) is 27.5 Å². The van der Waals surface area contributed by atoms with Gasteiger partial charge in [0.1, 0.15) is 19.9 Å². The molecule has 0 fully saturated rings. The fraction of sp³-hybridized carbons (Fsp3) is 0.300. The second kappa shape index (κ2) is 5.45. The molecule has 1 rings (SSSR count). The first kappa shape index (κ1) is 10.8. The van der Waals surface area contributed by atoms with Crippen LogP contribution in [0.2, 0.25) is 0 Å². The summed E-state index contributed by atoms with van der Waals surface area (Å²) in [5.74, 6) is 0.475. The Morgan fingerprint density at radius 3 is 2.93 bits per heavy atom. The van der Waals surface area contributed by atoms with Crippen LogP contribution in [-0.2, 0) is 4.74 Å². The Hall–Kier alpha value is -1.29. The maximum absolute atomic E-state index is 10.5. The van der Waals surface area contributed by atoms with Gasteiger partial charge in [0.25, 0.3) is 0 Å². The Kier molecular flexibility index (Phi) is 4.20. The van der Waals surface area contributed by atoms with E-state index in [0.29, 0.717) is 23.4 Å². The zero-order valence-electron chi connectivity index (χ0n) is 8.03. The van der Waals surface area contributed by atoms with Crippen LogP contribution >= 0.6 is 0 Å². The van der Waals surface area contributed by atoms with E-state index in [1.165, 1.54) is 0 Å². The Balaban J connectivity index is 2.68. The van der Waals surface area contributed by atoms with Gasteiger partial charge in [-0.2, -0.15) is 0 Å². The monoisotopic (exact) mass is 190 g/mol. The highest BCUT2D eigenvalue weighted by atomic mass is 16.7. The van der Waals surface area contributed by atoms with E-state index in [-0.39, 0.29) is 6.79 Å². The SMILES string of the molecule is [B]c1ccc(C=O)cc1OCOCC. The molecule has 0 saturated heterocycles. The van der Waals surface area contributed by atoms with Gasteiger partial charge in [-0.25, -0.2) is 0 Å². The Morgan fingerprint density at radius 2 is 2.29 bits per heavy atom. The molecule has 0 atom stereocenters. The third kappa shape index (κ3) is 2.89. The van der Waals surface area contributed by atoms with Crippen LogP contribution in [0.15, 0.2) is 18.2 Å². The minimum atomic E-state index is 0.142. The number of hydrogen-bond donors (Lipinski definition) is 0. The van der Waals surface area contributed by atoms with Crippen LogP contribution in [0, 0.1) is 0 Å². The molecule has 0 saturated carbocycles. The number of hydrogen-bond acceptors (Lipinski definition) is 3. The quantitative estimate of drug-likeness (QED) is 0.296. The zero-order valence-corrected chi connectivity index (χ0v) is 8.03. The van der Waals surface area contributed by atoms with Gasteiger partial charge in [0.2, 0.25) is 0 Å². The van der Waals surface area contributed by atoms with E-state index in [0.717, 1.165) is 6.29 Å². The van der Waals surface area contributed by atoms with Crippen molar-refractivity contribution in [2.45, 2.75) is 6.92 Å². The maximum Gasteiger partial charge on any atom is 0.188 e. The van der Waals surface area contributed by atoms with E-state index in [1.54, 1.807) is 18.2 Å². The largest absolute Gasteiger partial charge is 0.468 e. The molecule has 0 aliphatic heterocycles. The van der Waals surface area contributed by atoms with E-state index in [9.17, 15) is 4.79 Å². The molecule has 0 amide bonds. The molecule has 4 heteroatoms. The van der Waals surface area contributed by atoms with Gasteiger partial charge in [-0.1, -0.05) is 17.6 Å². The van der Waals surface area contributed by atoms with Crippen molar-refractivity contribution in [2.24, 2.45) is 0 Å². The summed E-state index contributed by atoms with van der Waals surface area (Å²) in [6, 6.07) is 4.85. The summed E-state index contributed by atoms with van der Waals surface area (Å²) >= 11 is 0. The molecular weight excluding hydrogens is 179 g/mol. The lowest BCUT2D eigenvalue weighted by Gasteiger charge is -2.09. The highest BCUT2D eigenvalue weighted by Gasteiger charge is 2.00. The fourth-order valence-corrected chi connectivity index (χ4v) is 0.938. The predicted octanol–water partition coefficient (Wildman–Crippen LogP) is 0.666. The average molecular weight is 190 g/mol. The molecular formula is C10H11BO3. The second-order valence-corrected chi connectivity index (χ2v) is 2.67. The first-order chi connectivity index (χ1) is 6.77. The van der Waals surface area contributed by atoms with E-state index in [1.807, 2.05) is 6.92 Å². The fourth-order valence-electron chi connectivity index (χ4n) is 0.938. The van der Waals surface area contributed by atoms with Crippen LogP contribution in [0.3, 0.4) is 0 Å². The van der Waals surface area contributed by atoms with Crippen molar-refractivity contribution in [1.82, 2.24) is 0 Å². The van der Waals surface area contributed by atoms with Crippen molar-refractivity contribution < 1.29 is 14.3 Å². The highest BCUT2D eigenvalue weighted by molar-refractivity contribution is 6.34. The number of aldehydes is 1. The molecule has 0 spiro atoms. The summed E-state index contributed by atoms with van der Waals surface area (Å²) < 4.78 is 10.2. The molecule has 0 aliphatic rings. The molecule has 14 heavy (non-hydrogen) atoms. The summed E-state index contributed by atoms with van der Waals surface area (Å²) in [7, 11) is 5.63. The number of ether oxygens (including phenoxy) is 2. The summed E-state index contributed by atoms with van der Waals surface area (Å²) in [5, 5.41) is 0. The minimum Gasteiger partial charge on any atom is -0.468 e. The third-order valence-electron chi connectivity index (χ3n) is 1.68. The van der Waals surface area contributed by atoms with Crippen molar-refractivity contribution in [2.75, 3.05) is 13.4 Å². The molecule has 0 aliphatic carbocycles. The van der Waals surface area contributed by atoms with Crippen molar-refractivity contribution >= 4 is 19.6 Å². The Morgan fingerprint density at radius 1 is 1.50 bits per heavy atom. The number of carbonyl (C=O) groups is 1. The summed E-state index contributed by atoms with van der Waals surface area (Å²) in [4.78, 5) is 10.5. The normalized spacial score (nSPS) is 9.79. The second-order valence-electron chi connectivity index (χ2n) is 2.67. The first-order valence-electron chi connectivity index (χ1n) is 4.33. The Bertz CT molecular complexity index is 312. The molecule has 1 aromatic rings. The molecule has 0 unspecified atom stereocenters. The van der Waals surface area contributed by atoms with E-state index < -0.39 is 0 Å². The van der Waals surface area contributed by atoms with Crippen molar-refractivity contribution in [3.63, 3.8) is 0 Å². The predicted molar refractivity (Wildman–Crippen MR) is 54.3 cm³/mol.